The van der Waals surface area contributed by atoms with Crippen molar-refractivity contribution in [2.24, 2.45) is 4.99 Å². The lowest BCUT2D eigenvalue weighted by Gasteiger charge is -2.36. The van der Waals surface area contributed by atoms with E-state index in [1.54, 1.807) is 14.2 Å². The Hall–Kier alpha value is -1.30. The number of methoxy groups -OCH3 is 2. The minimum Gasteiger partial charge on any atom is -0.497 e. The van der Waals surface area contributed by atoms with E-state index in [0.717, 1.165) is 96.6 Å². The van der Waals surface area contributed by atoms with Gasteiger partial charge >= 0.3 is 0 Å². The van der Waals surface area contributed by atoms with E-state index in [-0.39, 0.29) is 24.0 Å². The van der Waals surface area contributed by atoms with Crippen molar-refractivity contribution in [3.63, 3.8) is 0 Å². The molecule has 0 amide bonds. The normalized spacial score (nSPS) is 14.8. The van der Waals surface area contributed by atoms with E-state index >= 15 is 0 Å². The fraction of sp³-hybridized carbons (Fsp3) is 0.708. The highest BCUT2D eigenvalue weighted by Crippen LogP contribution is 2.20. The molecule has 1 heterocycles. The first-order chi connectivity index (χ1) is 15.7. The van der Waals surface area contributed by atoms with Crippen LogP contribution in [0.15, 0.2) is 29.3 Å². The van der Waals surface area contributed by atoms with Gasteiger partial charge in [0.05, 0.1) is 7.11 Å². The first-order valence-corrected chi connectivity index (χ1v) is 12.0. The molecule has 1 aliphatic rings. The molecular formula is C24H45IN6O2. The second-order valence-electron chi connectivity index (χ2n) is 8.22. The molecule has 2 N–H and O–H groups in total. The van der Waals surface area contributed by atoms with Gasteiger partial charge in [-0.1, -0.05) is 0 Å². The van der Waals surface area contributed by atoms with Gasteiger partial charge in [-0.2, -0.15) is 0 Å². The Morgan fingerprint density at radius 1 is 1.03 bits per heavy atom. The Morgan fingerprint density at radius 2 is 1.76 bits per heavy atom. The minimum absolute atomic E-state index is 0. The van der Waals surface area contributed by atoms with E-state index in [0.29, 0.717) is 0 Å². The van der Waals surface area contributed by atoms with Crippen molar-refractivity contribution in [1.29, 1.82) is 0 Å². The first kappa shape index (κ1) is 29.7. The summed E-state index contributed by atoms with van der Waals surface area (Å²) in [4.78, 5) is 12.1. The second kappa shape index (κ2) is 18.1. The summed E-state index contributed by atoms with van der Waals surface area (Å²) in [5, 5.41) is 6.80. The summed E-state index contributed by atoms with van der Waals surface area (Å²) in [5.41, 5.74) is 1.28. The van der Waals surface area contributed by atoms with Crippen molar-refractivity contribution in [1.82, 2.24) is 20.4 Å². The second-order valence-corrected chi connectivity index (χ2v) is 8.22. The van der Waals surface area contributed by atoms with Gasteiger partial charge in [0.1, 0.15) is 5.75 Å². The zero-order valence-corrected chi connectivity index (χ0v) is 23.3. The number of hydrogen-bond acceptors (Lipinski definition) is 6. The van der Waals surface area contributed by atoms with Gasteiger partial charge in [-0.05, 0) is 51.1 Å². The quantitative estimate of drug-likeness (QED) is 0.153. The van der Waals surface area contributed by atoms with Gasteiger partial charge < -0.3 is 29.9 Å². The minimum atomic E-state index is 0. The van der Waals surface area contributed by atoms with Crippen LogP contribution < -0.4 is 20.3 Å². The van der Waals surface area contributed by atoms with Crippen LogP contribution in [-0.4, -0.2) is 109 Å². The van der Waals surface area contributed by atoms with Gasteiger partial charge in [-0.3, -0.25) is 9.89 Å². The number of nitrogens with one attached hydrogen (secondary N) is 2. The SMILES string of the molecule is CCNC(=NCCCN1CCN(c2ccc(OC)cc2)CC1)NCCN(C)CCCOC.I. The van der Waals surface area contributed by atoms with E-state index in [1.807, 2.05) is 12.1 Å². The Morgan fingerprint density at radius 3 is 2.39 bits per heavy atom. The Kier molecular flexibility index (Phi) is 16.3. The van der Waals surface area contributed by atoms with E-state index < -0.39 is 0 Å². The van der Waals surface area contributed by atoms with E-state index in [9.17, 15) is 0 Å². The Bertz CT molecular complexity index is 638. The van der Waals surface area contributed by atoms with Crippen LogP contribution in [0.4, 0.5) is 5.69 Å². The van der Waals surface area contributed by atoms with Crippen LogP contribution in [0.3, 0.4) is 0 Å². The van der Waals surface area contributed by atoms with Gasteiger partial charge in [-0.15, -0.1) is 24.0 Å². The molecule has 1 saturated heterocycles. The summed E-state index contributed by atoms with van der Waals surface area (Å²) < 4.78 is 10.4. The van der Waals surface area contributed by atoms with Crippen LogP contribution in [0.2, 0.25) is 0 Å². The van der Waals surface area contributed by atoms with Crippen molar-refractivity contribution >= 4 is 35.6 Å². The molecule has 0 bridgehead atoms. The molecule has 1 aliphatic heterocycles. The maximum absolute atomic E-state index is 5.26. The fourth-order valence-corrected chi connectivity index (χ4v) is 3.81. The molecule has 33 heavy (non-hydrogen) atoms. The summed E-state index contributed by atoms with van der Waals surface area (Å²) in [6.07, 6.45) is 2.14. The zero-order valence-electron chi connectivity index (χ0n) is 21.0. The number of halogens is 1. The number of rotatable bonds is 14. The van der Waals surface area contributed by atoms with Crippen LogP contribution in [0, 0.1) is 0 Å². The lowest BCUT2D eigenvalue weighted by Crippen LogP contribution is -2.46. The Balaban J connectivity index is 0.00000544. The average Bonchev–Trinajstić information content (AvgIpc) is 2.82. The van der Waals surface area contributed by atoms with Crippen LogP contribution in [-0.2, 0) is 4.74 Å². The molecule has 9 heteroatoms. The highest BCUT2D eigenvalue weighted by Gasteiger charge is 2.16. The molecule has 0 spiro atoms. The van der Waals surface area contributed by atoms with Crippen molar-refractivity contribution < 1.29 is 9.47 Å². The predicted molar refractivity (Wildman–Crippen MR) is 150 cm³/mol. The molecule has 1 aromatic rings. The largest absolute Gasteiger partial charge is 0.497 e. The molecule has 0 radical (unpaired) electrons. The van der Waals surface area contributed by atoms with E-state index in [1.165, 1.54) is 5.69 Å². The molecule has 0 unspecified atom stereocenters. The van der Waals surface area contributed by atoms with Crippen molar-refractivity contribution in [2.45, 2.75) is 19.8 Å². The molecule has 0 aromatic heterocycles. The number of benzene rings is 1. The smallest absolute Gasteiger partial charge is 0.191 e. The number of aliphatic imine (C=N–C) groups is 1. The lowest BCUT2D eigenvalue weighted by molar-refractivity contribution is 0.180. The third-order valence-electron chi connectivity index (χ3n) is 5.73. The number of hydrogen-bond donors (Lipinski definition) is 2. The van der Waals surface area contributed by atoms with E-state index in [2.05, 4.69) is 51.4 Å². The van der Waals surface area contributed by atoms with Crippen LogP contribution in [0.1, 0.15) is 19.8 Å². The van der Waals surface area contributed by atoms with Gasteiger partial charge in [-0.25, -0.2) is 0 Å². The van der Waals surface area contributed by atoms with Crippen molar-refractivity contribution in [2.75, 3.05) is 98.2 Å². The highest BCUT2D eigenvalue weighted by atomic mass is 127. The van der Waals surface area contributed by atoms with Gasteiger partial charge in [0.15, 0.2) is 5.96 Å². The topological polar surface area (TPSA) is 64.6 Å². The summed E-state index contributed by atoms with van der Waals surface area (Å²) in [6.45, 7) is 13.0. The van der Waals surface area contributed by atoms with Crippen molar-refractivity contribution in [3.05, 3.63) is 24.3 Å². The number of nitrogens with zero attached hydrogens (tertiary/aromatic N) is 4. The molecule has 1 fully saturated rings. The van der Waals surface area contributed by atoms with Gasteiger partial charge in [0.25, 0.3) is 0 Å². The average molecular weight is 577 g/mol. The molecule has 0 saturated carbocycles. The maximum Gasteiger partial charge on any atom is 0.191 e. The number of piperazine rings is 1. The number of guanidine groups is 1. The number of anilines is 1. The molecule has 0 atom stereocenters. The summed E-state index contributed by atoms with van der Waals surface area (Å²) in [5.74, 6) is 1.83. The summed E-state index contributed by atoms with van der Waals surface area (Å²) >= 11 is 0. The molecular weight excluding hydrogens is 531 g/mol. The zero-order chi connectivity index (χ0) is 23.0. The predicted octanol–water partition coefficient (Wildman–Crippen LogP) is 2.35. The number of likely N-dealkylation sites (N-methyl/N-ethyl adjacent to an activating group) is 1. The maximum atomic E-state index is 5.26. The molecule has 0 aliphatic carbocycles. The standard InChI is InChI=1S/C24H44N6O2.HI/c1-5-25-24(27-13-16-28(2)14-7-21-31-3)26-12-6-15-29-17-19-30(20-18-29)22-8-10-23(32-4)11-9-22;/h8-11H,5-7,12-21H2,1-4H3,(H2,25,26,27);1H. The van der Waals surface area contributed by atoms with E-state index in [4.69, 9.17) is 14.5 Å². The van der Waals surface area contributed by atoms with Crippen LogP contribution in [0.5, 0.6) is 5.75 Å². The van der Waals surface area contributed by atoms with Gasteiger partial charge in [0, 0.05) is 84.9 Å². The molecule has 2 rings (SSSR count). The lowest BCUT2D eigenvalue weighted by atomic mass is 10.2. The third kappa shape index (κ3) is 12.1. The fourth-order valence-electron chi connectivity index (χ4n) is 3.81. The van der Waals surface area contributed by atoms with Gasteiger partial charge in [0.2, 0.25) is 0 Å². The highest BCUT2D eigenvalue weighted by molar-refractivity contribution is 14.0. The number of ether oxygens (including phenoxy) is 2. The summed E-state index contributed by atoms with van der Waals surface area (Å²) in [6, 6.07) is 8.37. The first-order valence-electron chi connectivity index (χ1n) is 12.0. The van der Waals surface area contributed by atoms with Crippen LogP contribution >= 0.6 is 24.0 Å². The van der Waals surface area contributed by atoms with Crippen LogP contribution in [0.25, 0.3) is 0 Å². The van der Waals surface area contributed by atoms with Crippen molar-refractivity contribution in [3.8, 4) is 5.75 Å². The summed E-state index contributed by atoms with van der Waals surface area (Å²) in [7, 11) is 5.61. The molecule has 190 valence electrons. The third-order valence-corrected chi connectivity index (χ3v) is 5.73. The monoisotopic (exact) mass is 576 g/mol. The Labute approximate surface area is 218 Å². The molecule has 1 aromatic carbocycles. The molecule has 8 nitrogen and oxygen atoms in total.